The van der Waals surface area contributed by atoms with Gasteiger partial charge in [0.1, 0.15) is 5.84 Å². The van der Waals surface area contributed by atoms with Crippen LogP contribution in [0.1, 0.15) is 49.2 Å². The summed E-state index contributed by atoms with van der Waals surface area (Å²) >= 11 is 0. The van der Waals surface area contributed by atoms with Crippen molar-refractivity contribution < 1.29 is 0 Å². The van der Waals surface area contributed by atoms with Crippen molar-refractivity contribution in [3.05, 3.63) is 84.8 Å². The van der Waals surface area contributed by atoms with Gasteiger partial charge in [0.15, 0.2) is 0 Å². The van der Waals surface area contributed by atoms with Crippen LogP contribution in [-0.2, 0) is 0 Å². The molecule has 2 aromatic heterocycles. The van der Waals surface area contributed by atoms with E-state index in [1.165, 1.54) is 0 Å². The molecule has 1 atom stereocenters. The van der Waals surface area contributed by atoms with Crippen LogP contribution in [-0.4, -0.2) is 58.3 Å². The van der Waals surface area contributed by atoms with Crippen LogP contribution in [0.4, 0.5) is 11.4 Å². The lowest BCUT2D eigenvalue weighted by atomic mass is 10.0. The zero-order valence-electron chi connectivity index (χ0n) is 21.5. The Balaban J connectivity index is 2.10. The number of allylic oxidation sites excluding steroid dienone is 1. The molecule has 0 spiro atoms. The summed E-state index contributed by atoms with van der Waals surface area (Å²) < 4.78 is 0. The van der Waals surface area contributed by atoms with Gasteiger partial charge in [-0.3, -0.25) is 15.0 Å². The molecular formula is C28H38N6. The van der Waals surface area contributed by atoms with Gasteiger partial charge in [0, 0.05) is 62.7 Å². The van der Waals surface area contributed by atoms with Crippen LogP contribution in [0.2, 0.25) is 0 Å². The third-order valence-electron chi connectivity index (χ3n) is 6.40. The van der Waals surface area contributed by atoms with Crippen LogP contribution in [0.25, 0.3) is 0 Å². The lowest BCUT2D eigenvalue weighted by molar-refractivity contribution is 0.171. The van der Waals surface area contributed by atoms with Crippen molar-refractivity contribution in [3.8, 4) is 0 Å². The van der Waals surface area contributed by atoms with Crippen molar-refractivity contribution >= 4 is 17.2 Å². The number of anilines is 2. The maximum atomic E-state index is 4.77. The maximum absolute atomic E-state index is 4.77. The van der Waals surface area contributed by atoms with E-state index in [0.717, 1.165) is 65.1 Å². The molecule has 3 heterocycles. The molecular weight excluding hydrogens is 420 g/mol. The summed E-state index contributed by atoms with van der Waals surface area (Å²) in [5.74, 6) is 1.20. The van der Waals surface area contributed by atoms with Gasteiger partial charge in [0.25, 0.3) is 0 Å². The van der Waals surface area contributed by atoms with E-state index in [-0.39, 0.29) is 12.0 Å². The summed E-state index contributed by atoms with van der Waals surface area (Å²) in [6.45, 7) is 25.4. The normalized spacial score (nSPS) is 16.6. The molecule has 3 rings (SSSR count). The van der Waals surface area contributed by atoms with E-state index in [1.807, 2.05) is 44.7 Å². The minimum absolute atomic E-state index is 0.252. The molecule has 1 aliphatic heterocycles. The van der Waals surface area contributed by atoms with Crippen LogP contribution in [0.5, 0.6) is 0 Å². The van der Waals surface area contributed by atoms with Gasteiger partial charge in [0.2, 0.25) is 0 Å². The highest BCUT2D eigenvalue weighted by Gasteiger charge is 2.29. The largest absolute Gasteiger partial charge is 0.368 e. The number of hydrogen-bond acceptors (Lipinski definition) is 5. The Morgan fingerprint density at radius 3 is 2.56 bits per heavy atom. The summed E-state index contributed by atoms with van der Waals surface area (Å²) in [6, 6.07) is 4.41. The second-order valence-electron chi connectivity index (χ2n) is 9.14. The van der Waals surface area contributed by atoms with Gasteiger partial charge in [-0.2, -0.15) is 0 Å². The summed E-state index contributed by atoms with van der Waals surface area (Å²) in [5.41, 5.74) is 7.15. The minimum atomic E-state index is 0.252. The highest BCUT2D eigenvalue weighted by atomic mass is 15.3. The quantitative estimate of drug-likeness (QED) is 0.308. The molecule has 6 nitrogen and oxygen atoms in total. The summed E-state index contributed by atoms with van der Waals surface area (Å²) in [5, 5.41) is 0. The van der Waals surface area contributed by atoms with Crippen LogP contribution in [0, 0.1) is 13.8 Å². The van der Waals surface area contributed by atoms with E-state index in [2.05, 4.69) is 73.2 Å². The zero-order valence-corrected chi connectivity index (χ0v) is 21.5. The average molecular weight is 459 g/mol. The SMILES string of the molecule is C=CC(=C)N1CCN(C(=NC)c2cnc(C)cc2N(C=C)c2c(C)ccnc2C(C)C)C(C)C1. The zero-order chi connectivity index (χ0) is 25.0. The van der Waals surface area contributed by atoms with Gasteiger partial charge < -0.3 is 14.7 Å². The molecule has 0 bridgehead atoms. The van der Waals surface area contributed by atoms with E-state index in [1.54, 1.807) is 0 Å². The third kappa shape index (κ3) is 4.91. The Hall–Kier alpha value is -3.41. The number of aliphatic imine (C=N–C) groups is 1. The molecule has 1 unspecified atom stereocenters. The fourth-order valence-electron chi connectivity index (χ4n) is 4.60. The van der Waals surface area contributed by atoms with Gasteiger partial charge in [-0.05, 0) is 50.5 Å². The Kier molecular flexibility index (Phi) is 7.92. The first-order chi connectivity index (χ1) is 16.2. The molecule has 1 saturated heterocycles. The van der Waals surface area contributed by atoms with E-state index in [9.17, 15) is 0 Å². The molecule has 0 aliphatic carbocycles. The molecule has 0 N–H and O–H groups in total. The first kappa shape index (κ1) is 25.2. The van der Waals surface area contributed by atoms with Crippen molar-refractivity contribution in [3.63, 3.8) is 0 Å². The molecule has 0 saturated carbocycles. The number of aryl methyl sites for hydroxylation is 2. The van der Waals surface area contributed by atoms with Crippen molar-refractivity contribution in [1.82, 2.24) is 19.8 Å². The number of rotatable bonds is 7. The topological polar surface area (TPSA) is 47.9 Å². The lowest BCUT2D eigenvalue weighted by Gasteiger charge is -2.43. The summed E-state index contributed by atoms with van der Waals surface area (Å²) in [4.78, 5) is 20.9. The van der Waals surface area contributed by atoms with Crippen LogP contribution >= 0.6 is 0 Å². The van der Waals surface area contributed by atoms with Gasteiger partial charge in [-0.1, -0.05) is 33.6 Å². The number of aromatic nitrogens is 2. The number of nitrogens with zero attached hydrogens (tertiary/aromatic N) is 6. The van der Waals surface area contributed by atoms with Crippen molar-refractivity contribution in [2.75, 3.05) is 31.6 Å². The highest BCUT2D eigenvalue weighted by molar-refractivity contribution is 6.04. The van der Waals surface area contributed by atoms with Gasteiger partial charge >= 0.3 is 0 Å². The summed E-state index contributed by atoms with van der Waals surface area (Å²) in [7, 11) is 1.86. The Labute approximate surface area is 205 Å². The van der Waals surface area contributed by atoms with Gasteiger partial charge in [-0.15, -0.1) is 0 Å². The van der Waals surface area contributed by atoms with E-state index in [4.69, 9.17) is 9.98 Å². The Bertz CT molecular complexity index is 1100. The fourth-order valence-corrected chi connectivity index (χ4v) is 4.60. The third-order valence-corrected chi connectivity index (χ3v) is 6.40. The smallest absolute Gasteiger partial charge is 0.134 e. The predicted octanol–water partition coefficient (Wildman–Crippen LogP) is 5.58. The standard InChI is InChI=1S/C28H38N6/c1-10-22(7)32-14-15-34(23(8)18-32)28(29-9)24-17-31-21(6)16-25(24)33(11-2)27-20(5)12-13-30-26(27)19(3)4/h10-13,16-17,19,23H,1-2,7,14-15,18H2,3-6,8-9H3. The summed E-state index contributed by atoms with van der Waals surface area (Å²) in [6.07, 6.45) is 7.51. The van der Waals surface area contributed by atoms with Gasteiger partial charge in [0.05, 0.1) is 22.6 Å². The molecule has 0 amide bonds. The second kappa shape index (κ2) is 10.7. The van der Waals surface area contributed by atoms with Gasteiger partial charge in [-0.25, -0.2) is 0 Å². The number of amidine groups is 1. The molecule has 0 radical (unpaired) electrons. The van der Waals surface area contributed by atoms with E-state index < -0.39 is 0 Å². The van der Waals surface area contributed by atoms with Crippen molar-refractivity contribution in [2.24, 2.45) is 4.99 Å². The number of piperazine rings is 1. The predicted molar refractivity (Wildman–Crippen MR) is 144 cm³/mol. The molecule has 2 aromatic rings. The Morgan fingerprint density at radius 1 is 1.24 bits per heavy atom. The van der Waals surface area contributed by atoms with Crippen LogP contribution in [0.15, 0.2) is 67.2 Å². The van der Waals surface area contributed by atoms with E-state index >= 15 is 0 Å². The Morgan fingerprint density at radius 2 is 1.97 bits per heavy atom. The molecule has 180 valence electrons. The molecule has 0 aromatic carbocycles. The fraction of sp³-hybridized carbons (Fsp3) is 0.393. The maximum Gasteiger partial charge on any atom is 0.134 e. The van der Waals surface area contributed by atoms with E-state index in [0.29, 0.717) is 0 Å². The van der Waals surface area contributed by atoms with Crippen molar-refractivity contribution in [2.45, 2.75) is 46.6 Å². The monoisotopic (exact) mass is 458 g/mol. The number of pyridine rings is 2. The van der Waals surface area contributed by atoms with Crippen LogP contribution in [0.3, 0.4) is 0 Å². The molecule has 34 heavy (non-hydrogen) atoms. The molecule has 1 fully saturated rings. The number of hydrogen-bond donors (Lipinski definition) is 0. The lowest BCUT2D eigenvalue weighted by Crippen LogP contribution is -2.53. The molecule has 6 heteroatoms. The highest BCUT2D eigenvalue weighted by Crippen LogP contribution is 2.37. The first-order valence-electron chi connectivity index (χ1n) is 11.9. The first-order valence-corrected chi connectivity index (χ1v) is 11.9. The minimum Gasteiger partial charge on any atom is -0.368 e. The molecule has 1 aliphatic rings. The second-order valence-corrected chi connectivity index (χ2v) is 9.14. The average Bonchev–Trinajstić information content (AvgIpc) is 2.82. The van der Waals surface area contributed by atoms with Crippen LogP contribution < -0.4 is 4.90 Å². The van der Waals surface area contributed by atoms with Crippen molar-refractivity contribution in [1.29, 1.82) is 0 Å².